The third kappa shape index (κ3) is 3.74. The van der Waals surface area contributed by atoms with E-state index in [2.05, 4.69) is 9.97 Å². The molecule has 0 bridgehead atoms. The molecule has 4 aromatic rings. The fraction of sp³-hybridized carbons (Fsp3) is 0.136. The molecule has 0 amide bonds. The van der Waals surface area contributed by atoms with Gasteiger partial charge in [0.25, 0.3) is 5.56 Å². The minimum atomic E-state index is -4.79. The lowest BCUT2D eigenvalue weighted by molar-refractivity contribution is -0.136. The average Bonchev–Trinajstić information content (AvgIpc) is 2.73. The average molecular weight is 446 g/mol. The van der Waals surface area contributed by atoms with Crippen LogP contribution in [0.5, 0.6) is 5.75 Å². The Hall–Kier alpha value is -3.39. The highest BCUT2D eigenvalue weighted by Gasteiger charge is 2.36. The Balaban J connectivity index is 2.08. The number of nitrogens with zero attached hydrogens (tertiary/aromatic N) is 3. The summed E-state index contributed by atoms with van der Waals surface area (Å²) in [4.78, 5) is 21.8. The summed E-state index contributed by atoms with van der Waals surface area (Å²) < 4.78 is 48.3. The predicted octanol–water partition coefficient (Wildman–Crippen LogP) is 5.44. The topological polar surface area (TPSA) is 57.0 Å². The van der Waals surface area contributed by atoms with Gasteiger partial charge in [-0.2, -0.15) is 13.2 Å². The number of aryl methyl sites for hydroxylation is 1. The molecular weight excluding hydrogens is 431 g/mol. The van der Waals surface area contributed by atoms with E-state index in [1.165, 1.54) is 14.0 Å². The molecule has 0 aliphatic rings. The maximum atomic E-state index is 14.0. The highest BCUT2D eigenvalue weighted by Crippen LogP contribution is 2.36. The first kappa shape index (κ1) is 20.9. The fourth-order valence-electron chi connectivity index (χ4n) is 3.38. The molecule has 2 heterocycles. The number of fused-ring (bicyclic) bond motifs is 1. The second-order valence-corrected chi connectivity index (χ2v) is 7.17. The number of para-hydroxylation sites is 2. The number of halogens is 4. The van der Waals surface area contributed by atoms with Crippen molar-refractivity contribution in [2.24, 2.45) is 0 Å². The Morgan fingerprint density at radius 3 is 2.35 bits per heavy atom. The van der Waals surface area contributed by atoms with Crippen molar-refractivity contribution in [3.63, 3.8) is 0 Å². The normalized spacial score (nSPS) is 11.7. The Morgan fingerprint density at radius 1 is 1.03 bits per heavy atom. The Morgan fingerprint density at radius 2 is 1.71 bits per heavy atom. The zero-order chi connectivity index (χ0) is 22.3. The van der Waals surface area contributed by atoms with Crippen LogP contribution in [-0.4, -0.2) is 21.6 Å². The highest BCUT2D eigenvalue weighted by atomic mass is 35.5. The molecule has 0 aliphatic carbocycles. The predicted molar refractivity (Wildman–Crippen MR) is 112 cm³/mol. The third-order valence-corrected chi connectivity index (χ3v) is 5.03. The summed E-state index contributed by atoms with van der Waals surface area (Å²) in [7, 11) is 1.41. The summed E-state index contributed by atoms with van der Waals surface area (Å²) in [5.74, 6) is 0.504. The molecule has 0 atom stereocenters. The molecule has 2 aromatic carbocycles. The van der Waals surface area contributed by atoms with Crippen molar-refractivity contribution < 1.29 is 17.9 Å². The Bertz CT molecular complexity index is 1350. The number of methoxy groups -OCH3 is 1. The van der Waals surface area contributed by atoms with E-state index in [1.54, 1.807) is 48.5 Å². The van der Waals surface area contributed by atoms with Crippen LogP contribution in [0.25, 0.3) is 28.0 Å². The fourth-order valence-corrected chi connectivity index (χ4v) is 3.50. The van der Waals surface area contributed by atoms with E-state index in [1.807, 2.05) is 0 Å². The monoisotopic (exact) mass is 445 g/mol. The first-order chi connectivity index (χ1) is 14.7. The molecule has 9 heteroatoms. The number of aromatic nitrogens is 3. The van der Waals surface area contributed by atoms with Gasteiger partial charge in [0, 0.05) is 10.6 Å². The number of rotatable bonds is 3. The number of hydrogen-bond donors (Lipinski definition) is 0. The second-order valence-electron chi connectivity index (χ2n) is 6.73. The molecular formula is C22H15ClF3N3O2. The van der Waals surface area contributed by atoms with E-state index in [4.69, 9.17) is 16.3 Å². The van der Waals surface area contributed by atoms with Gasteiger partial charge < -0.3 is 4.74 Å². The summed E-state index contributed by atoms with van der Waals surface area (Å²) in [5, 5.41) is -0.170. The Kier molecular flexibility index (Phi) is 5.18. The molecule has 0 fully saturated rings. The van der Waals surface area contributed by atoms with Gasteiger partial charge >= 0.3 is 6.18 Å². The van der Waals surface area contributed by atoms with E-state index >= 15 is 0 Å². The summed E-state index contributed by atoms with van der Waals surface area (Å²) in [6.45, 7) is 1.52. The molecule has 0 radical (unpaired) electrons. The van der Waals surface area contributed by atoms with Crippen LogP contribution in [0.15, 0.2) is 59.4 Å². The maximum absolute atomic E-state index is 14.0. The van der Waals surface area contributed by atoms with Gasteiger partial charge in [-0.1, -0.05) is 35.9 Å². The minimum absolute atomic E-state index is 0.0397. The van der Waals surface area contributed by atoms with Crippen molar-refractivity contribution in [1.29, 1.82) is 0 Å². The molecule has 4 rings (SSSR count). The molecule has 158 valence electrons. The number of benzene rings is 2. The molecule has 0 saturated carbocycles. The van der Waals surface area contributed by atoms with Gasteiger partial charge in [-0.25, -0.2) is 9.97 Å². The van der Waals surface area contributed by atoms with Crippen LogP contribution in [0.1, 0.15) is 11.4 Å². The standard InChI is InChI=1S/C22H15ClF3N3O2/c1-12-27-20-19(21(30)29(12)17-5-3-4-6-18(17)31-2)15(22(24,25)26)11-16(28-20)13-7-9-14(23)10-8-13/h3-11H,1-2H3. The number of alkyl halides is 3. The van der Waals surface area contributed by atoms with Crippen molar-refractivity contribution in [2.45, 2.75) is 13.1 Å². The lowest BCUT2D eigenvalue weighted by Gasteiger charge is -2.17. The Labute approximate surface area is 179 Å². The van der Waals surface area contributed by atoms with E-state index in [0.717, 1.165) is 10.6 Å². The van der Waals surface area contributed by atoms with Crippen molar-refractivity contribution in [1.82, 2.24) is 14.5 Å². The van der Waals surface area contributed by atoms with Gasteiger partial charge in [0.1, 0.15) is 11.6 Å². The molecule has 2 aromatic heterocycles. The molecule has 0 saturated heterocycles. The molecule has 0 N–H and O–H groups in total. The van der Waals surface area contributed by atoms with Gasteiger partial charge in [0.05, 0.1) is 29.4 Å². The van der Waals surface area contributed by atoms with Crippen molar-refractivity contribution in [2.75, 3.05) is 7.11 Å². The third-order valence-electron chi connectivity index (χ3n) is 4.78. The van der Waals surface area contributed by atoms with Gasteiger partial charge in [-0.05, 0) is 37.3 Å². The van der Waals surface area contributed by atoms with E-state index in [-0.39, 0.29) is 22.9 Å². The molecule has 31 heavy (non-hydrogen) atoms. The van der Waals surface area contributed by atoms with E-state index < -0.39 is 22.7 Å². The van der Waals surface area contributed by atoms with E-state index in [0.29, 0.717) is 16.3 Å². The lowest BCUT2D eigenvalue weighted by atomic mass is 10.1. The summed E-state index contributed by atoms with van der Waals surface area (Å²) in [6.07, 6.45) is -4.79. The van der Waals surface area contributed by atoms with Gasteiger partial charge in [-0.15, -0.1) is 0 Å². The van der Waals surface area contributed by atoms with Gasteiger partial charge in [0.2, 0.25) is 0 Å². The second kappa shape index (κ2) is 7.70. The zero-order valence-electron chi connectivity index (χ0n) is 16.4. The van der Waals surface area contributed by atoms with Crippen molar-refractivity contribution in [3.8, 4) is 22.7 Å². The summed E-state index contributed by atoms with van der Waals surface area (Å²) in [5.41, 5.74) is -1.52. The summed E-state index contributed by atoms with van der Waals surface area (Å²) in [6, 6.07) is 13.6. The van der Waals surface area contributed by atoms with Crippen LogP contribution in [0.2, 0.25) is 5.02 Å². The van der Waals surface area contributed by atoms with Crippen LogP contribution in [-0.2, 0) is 6.18 Å². The number of hydrogen-bond acceptors (Lipinski definition) is 4. The first-order valence-corrected chi connectivity index (χ1v) is 9.49. The molecule has 5 nitrogen and oxygen atoms in total. The van der Waals surface area contributed by atoms with Crippen LogP contribution >= 0.6 is 11.6 Å². The maximum Gasteiger partial charge on any atom is 0.417 e. The van der Waals surface area contributed by atoms with Crippen molar-refractivity contribution in [3.05, 3.63) is 81.4 Å². The largest absolute Gasteiger partial charge is 0.495 e. The SMILES string of the molecule is COc1ccccc1-n1c(C)nc2nc(-c3ccc(Cl)cc3)cc(C(F)(F)F)c2c1=O. The summed E-state index contributed by atoms with van der Waals surface area (Å²) >= 11 is 5.87. The van der Waals surface area contributed by atoms with Crippen LogP contribution in [0, 0.1) is 6.92 Å². The van der Waals surface area contributed by atoms with Crippen LogP contribution < -0.4 is 10.3 Å². The number of ether oxygens (including phenoxy) is 1. The van der Waals surface area contributed by atoms with Crippen LogP contribution in [0.3, 0.4) is 0 Å². The first-order valence-electron chi connectivity index (χ1n) is 9.11. The van der Waals surface area contributed by atoms with Gasteiger partial charge in [-0.3, -0.25) is 9.36 Å². The molecule has 0 spiro atoms. The van der Waals surface area contributed by atoms with Gasteiger partial charge in [0.15, 0.2) is 5.65 Å². The quantitative estimate of drug-likeness (QED) is 0.421. The van der Waals surface area contributed by atoms with Crippen LogP contribution in [0.4, 0.5) is 13.2 Å². The smallest absolute Gasteiger partial charge is 0.417 e. The lowest BCUT2D eigenvalue weighted by Crippen LogP contribution is -2.26. The zero-order valence-corrected chi connectivity index (χ0v) is 17.1. The van der Waals surface area contributed by atoms with Crippen molar-refractivity contribution >= 4 is 22.6 Å². The minimum Gasteiger partial charge on any atom is -0.495 e. The highest BCUT2D eigenvalue weighted by molar-refractivity contribution is 6.30. The molecule has 0 unspecified atom stereocenters. The van der Waals surface area contributed by atoms with E-state index in [9.17, 15) is 18.0 Å². The number of pyridine rings is 1. The molecule has 0 aliphatic heterocycles.